The molecule has 1 heterocycles. The summed E-state index contributed by atoms with van der Waals surface area (Å²) in [6.07, 6.45) is 1.13. The van der Waals surface area contributed by atoms with Crippen molar-refractivity contribution in [2.45, 2.75) is 30.7 Å². The molecule has 7 heteroatoms. The quantitative estimate of drug-likeness (QED) is 0.844. The predicted molar refractivity (Wildman–Crippen MR) is 73.5 cm³/mol. The van der Waals surface area contributed by atoms with Crippen molar-refractivity contribution in [3.8, 4) is 11.5 Å². The van der Waals surface area contributed by atoms with Crippen LogP contribution in [0.2, 0.25) is 0 Å². The van der Waals surface area contributed by atoms with E-state index in [0.29, 0.717) is 31.1 Å². The van der Waals surface area contributed by atoms with E-state index in [1.165, 1.54) is 12.1 Å². The number of rotatable bonds is 5. The molecule has 0 radical (unpaired) electrons. The van der Waals surface area contributed by atoms with Crippen LogP contribution < -0.4 is 14.2 Å². The second-order valence-corrected chi connectivity index (χ2v) is 6.41. The zero-order chi connectivity index (χ0) is 14.6. The highest BCUT2D eigenvalue weighted by molar-refractivity contribution is 7.89. The number of nitrogens with one attached hydrogen (secondary N) is 1. The third-order valence-corrected chi connectivity index (χ3v) is 4.53. The van der Waals surface area contributed by atoms with E-state index in [-0.39, 0.29) is 17.5 Å². The van der Waals surface area contributed by atoms with Gasteiger partial charge in [-0.05, 0) is 25.5 Å². The fourth-order valence-electron chi connectivity index (χ4n) is 1.90. The maximum absolute atomic E-state index is 12.2. The molecule has 0 saturated carbocycles. The molecule has 0 aromatic heterocycles. The molecule has 2 N–H and O–H groups in total. The summed E-state index contributed by atoms with van der Waals surface area (Å²) in [4.78, 5) is 0.131. The number of ether oxygens (including phenoxy) is 2. The van der Waals surface area contributed by atoms with Crippen molar-refractivity contribution in [3.63, 3.8) is 0 Å². The first-order valence-corrected chi connectivity index (χ1v) is 8.04. The van der Waals surface area contributed by atoms with Crippen molar-refractivity contribution in [2.75, 3.05) is 19.8 Å². The molecule has 1 unspecified atom stereocenters. The van der Waals surface area contributed by atoms with Crippen LogP contribution >= 0.6 is 0 Å². The summed E-state index contributed by atoms with van der Waals surface area (Å²) in [7, 11) is -3.62. The molecule has 2 rings (SSSR count). The van der Waals surface area contributed by atoms with Crippen molar-refractivity contribution in [2.24, 2.45) is 0 Å². The Morgan fingerprint density at radius 3 is 2.70 bits per heavy atom. The van der Waals surface area contributed by atoms with Crippen LogP contribution in [0, 0.1) is 0 Å². The van der Waals surface area contributed by atoms with Gasteiger partial charge in [0.05, 0.1) is 18.1 Å². The molecule has 1 atom stereocenters. The van der Waals surface area contributed by atoms with Crippen LogP contribution in [0.1, 0.15) is 19.8 Å². The van der Waals surface area contributed by atoms with Crippen LogP contribution in [0.5, 0.6) is 11.5 Å². The average Bonchev–Trinajstić information content (AvgIpc) is 2.62. The highest BCUT2D eigenvalue weighted by Crippen LogP contribution is 2.31. The number of hydrogen-bond acceptors (Lipinski definition) is 5. The molecule has 20 heavy (non-hydrogen) atoms. The van der Waals surface area contributed by atoms with E-state index in [4.69, 9.17) is 14.6 Å². The van der Waals surface area contributed by atoms with Crippen LogP contribution in [-0.2, 0) is 10.0 Å². The molecule has 1 aliphatic heterocycles. The van der Waals surface area contributed by atoms with Gasteiger partial charge in [0, 0.05) is 25.1 Å². The zero-order valence-corrected chi connectivity index (χ0v) is 12.1. The Labute approximate surface area is 118 Å². The fraction of sp³-hybridized carbons (Fsp3) is 0.538. The van der Waals surface area contributed by atoms with Crippen molar-refractivity contribution in [1.29, 1.82) is 0 Å². The lowest BCUT2D eigenvalue weighted by molar-refractivity contribution is 0.275. The van der Waals surface area contributed by atoms with E-state index in [0.717, 1.165) is 6.42 Å². The monoisotopic (exact) mass is 301 g/mol. The molecule has 0 fully saturated rings. The van der Waals surface area contributed by atoms with Gasteiger partial charge in [-0.1, -0.05) is 0 Å². The van der Waals surface area contributed by atoms with E-state index in [1.54, 1.807) is 13.0 Å². The Morgan fingerprint density at radius 2 is 2.00 bits per heavy atom. The maximum Gasteiger partial charge on any atom is 0.240 e. The number of aliphatic hydroxyl groups is 1. The van der Waals surface area contributed by atoms with E-state index in [9.17, 15) is 8.42 Å². The lowest BCUT2D eigenvalue weighted by Crippen LogP contribution is -2.33. The van der Waals surface area contributed by atoms with Crippen molar-refractivity contribution in [1.82, 2.24) is 4.72 Å². The van der Waals surface area contributed by atoms with Crippen molar-refractivity contribution < 1.29 is 23.0 Å². The summed E-state index contributed by atoms with van der Waals surface area (Å²) in [6.45, 7) is 2.71. The Morgan fingerprint density at radius 1 is 1.30 bits per heavy atom. The van der Waals surface area contributed by atoms with Crippen LogP contribution in [0.4, 0.5) is 0 Å². The van der Waals surface area contributed by atoms with Crippen LogP contribution in [0.3, 0.4) is 0 Å². The molecule has 0 amide bonds. The van der Waals surface area contributed by atoms with E-state index in [1.807, 2.05) is 0 Å². The van der Waals surface area contributed by atoms with Crippen molar-refractivity contribution >= 4 is 10.0 Å². The maximum atomic E-state index is 12.2. The summed E-state index contributed by atoms with van der Waals surface area (Å²) in [5, 5.41) is 8.82. The molecule has 0 bridgehead atoms. The highest BCUT2D eigenvalue weighted by Gasteiger charge is 2.20. The number of benzene rings is 1. The van der Waals surface area contributed by atoms with Crippen molar-refractivity contribution in [3.05, 3.63) is 18.2 Å². The molecule has 112 valence electrons. The second-order valence-electron chi connectivity index (χ2n) is 4.69. The van der Waals surface area contributed by atoms with E-state index in [2.05, 4.69) is 4.72 Å². The number of aliphatic hydroxyl groups excluding tert-OH is 1. The Balaban J connectivity index is 2.22. The molecular formula is C13H19NO5S. The largest absolute Gasteiger partial charge is 0.490 e. The summed E-state index contributed by atoms with van der Waals surface area (Å²) >= 11 is 0. The molecule has 0 saturated heterocycles. The molecule has 0 spiro atoms. The van der Waals surface area contributed by atoms with Crippen LogP contribution in [0.25, 0.3) is 0 Å². The first kappa shape index (κ1) is 15.1. The molecule has 1 aromatic rings. The van der Waals surface area contributed by atoms with Crippen LogP contribution in [-0.4, -0.2) is 39.4 Å². The first-order chi connectivity index (χ1) is 9.53. The number of fused-ring (bicyclic) bond motifs is 1. The summed E-state index contributed by atoms with van der Waals surface area (Å²) in [6, 6.07) is 4.23. The standard InChI is InChI=1S/C13H19NO5S/c1-10(5-6-15)14-20(16,17)11-3-4-12-13(9-11)19-8-2-7-18-12/h3-4,9-10,14-15H,2,5-8H2,1H3. The van der Waals surface area contributed by atoms with E-state index >= 15 is 0 Å². The zero-order valence-electron chi connectivity index (χ0n) is 11.3. The smallest absolute Gasteiger partial charge is 0.240 e. The summed E-state index contributed by atoms with van der Waals surface area (Å²) in [5.41, 5.74) is 0. The predicted octanol–water partition coefficient (Wildman–Crippen LogP) is 0.897. The minimum absolute atomic E-state index is 0.0647. The van der Waals surface area contributed by atoms with Crippen LogP contribution in [0.15, 0.2) is 23.1 Å². The number of sulfonamides is 1. The molecule has 1 aliphatic rings. The third kappa shape index (κ3) is 3.62. The minimum Gasteiger partial charge on any atom is -0.490 e. The first-order valence-electron chi connectivity index (χ1n) is 6.56. The Hall–Kier alpha value is -1.31. The van der Waals surface area contributed by atoms with Gasteiger partial charge in [-0.2, -0.15) is 0 Å². The van der Waals surface area contributed by atoms with Gasteiger partial charge in [-0.3, -0.25) is 0 Å². The third-order valence-electron chi connectivity index (χ3n) is 2.95. The lowest BCUT2D eigenvalue weighted by atomic mass is 10.3. The van der Waals surface area contributed by atoms with Gasteiger partial charge in [0.2, 0.25) is 10.0 Å². The fourth-order valence-corrected chi connectivity index (χ4v) is 3.19. The van der Waals surface area contributed by atoms with Gasteiger partial charge in [0.25, 0.3) is 0 Å². The SMILES string of the molecule is CC(CCO)NS(=O)(=O)c1ccc2c(c1)OCCCO2. The molecule has 6 nitrogen and oxygen atoms in total. The normalized spacial score (nSPS) is 16.5. The summed E-state index contributed by atoms with van der Waals surface area (Å²) < 4.78 is 37.9. The number of hydrogen-bond donors (Lipinski definition) is 2. The topological polar surface area (TPSA) is 84.9 Å². The van der Waals surface area contributed by atoms with Gasteiger partial charge in [-0.15, -0.1) is 0 Å². The lowest BCUT2D eigenvalue weighted by Gasteiger charge is -2.14. The average molecular weight is 301 g/mol. The molecule has 0 aliphatic carbocycles. The van der Waals surface area contributed by atoms with Gasteiger partial charge >= 0.3 is 0 Å². The molecular weight excluding hydrogens is 282 g/mol. The van der Waals surface area contributed by atoms with Gasteiger partial charge in [-0.25, -0.2) is 13.1 Å². The van der Waals surface area contributed by atoms with E-state index < -0.39 is 10.0 Å². The Kier molecular flexibility index (Phi) is 4.85. The van der Waals surface area contributed by atoms with Gasteiger partial charge in [0.15, 0.2) is 11.5 Å². The summed E-state index contributed by atoms with van der Waals surface area (Å²) in [5.74, 6) is 1.00. The highest BCUT2D eigenvalue weighted by atomic mass is 32.2. The molecule has 1 aromatic carbocycles. The minimum atomic E-state index is -3.62. The Bertz CT molecular complexity index is 558. The van der Waals surface area contributed by atoms with Gasteiger partial charge in [0.1, 0.15) is 0 Å². The van der Waals surface area contributed by atoms with Gasteiger partial charge < -0.3 is 14.6 Å². The second kappa shape index (κ2) is 6.43.